The van der Waals surface area contributed by atoms with Crippen molar-refractivity contribution in [2.45, 2.75) is 37.1 Å². The highest BCUT2D eigenvalue weighted by Gasteiger charge is 2.23. The average Bonchev–Trinajstić information content (AvgIpc) is 2.38. The summed E-state index contributed by atoms with van der Waals surface area (Å²) in [5.41, 5.74) is 0. The van der Waals surface area contributed by atoms with Crippen LogP contribution in [0.15, 0.2) is 27.6 Å². The maximum Gasteiger partial charge on any atom is 0.243 e. The van der Waals surface area contributed by atoms with Crippen molar-refractivity contribution in [2.24, 2.45) is 0 Å². The Labute approximate surface area is 133 Å². The number of rotatable bonds is 5. The van der Waals surface area contributed by atoms with Gasteiger partial charge in [0.05, 0.1) is 0 Å². The molecule has 0 radical (unpaired) electrons. The maximum absolute atomic E-state index is 13.8. The smallest absolute Gasteiger partial charge is 0.243 e. The molecule has 1 aromatic rings. The zero-order valence-electron chi connectivity index (χ0n) is 12.0. The lowest BCUT2D eigenvalue weighted by Crippen LogP contribution is -2.43. The average molecular weight is 379 g/mol. The van der Waals surface area contributed by atoms with Gasteiger partial charge in [0.15, 0.2) is 0 Å². The van der Waals surface area contributed by atoms with Crippen molar-refractivity contribution >= 4 is 26.0 Å². The van der Waals surface area contributed by atoms with Crippen molar-refractivity contribution in [3.8, 4) is 0 Å². The van der Waals surface area contributed by atoms with E-state index < -0.39 is 15.8 Å². The van der Waals surface area contributed by atoms with Crippen LogP contribution in [-0.4, -0.2) is 39.0 Å². The molecule has 0 saturated carbocycles. The Bertz CT molecular complexity index is 589. The van der Waals surface area contributed by atoms with Gasteiger partial charge in [-0.1, -0.05) is 22.4 Å². The van der Waals surface area contributed by atoms with Gasteiger partial charge in [-0.2, -0.15) is 0 Å². The lowest BCUT2D eigenvalue weighted by Gasteiger charge is -2.29. The molecule has 1 N–H and O–H groups in total. The SMILES string of the molecule is CC(CN1CCCCC1)NS(=O)(=O)c1ccc(Br)cc1F. The zero-order chi connectivity index (χ0) is 15.5. The number of benzene rings is 1. The van der Waals surface area contributed by atoms with E-state index in [0.29, 0.717) is 11.0 Å². The Morgan fingerprint density at radius 3 is 2.62 bits per heavy atom. The fourth-order valence-electron chi connectivity index (χ4n) is 2.59. The second-order valence-corrected chi connectivity index (χ2v) is 8.06. The van der Waals surface area contributed by atoms with Crippen LogP contribution in [0.4, 0.5) is 4.39 Å². The molecule has 0 amide bonds. The normalized spacial score (nSPS) is 18.6. The van der Waals surface area contributed by atoms with Crippen molar-refractivity contribution in [3.05, 3.63) is 28.5 Å². The van der Waals surface area contributed by atoms with Crippen LogP contribution in [0.5, 0.6) is 0 Å². The predicted molar refractivity (Wildman–Crippen MR) is 84.2 cm³/mol. The number of sulfonamides is 1. The Kier molecular flexibility index (Phi) is 5.76. The van der Waals surface area contributed by atoms with Crippen LogP contribution in [-0.2, 0) is 10.0 Å². The first kappa shape index (κ1) is 16.9. The summed E-state index contributed by atoms with van der Waals surface area (Å²) < 4.78 is 41.3. The van der Waals surface area contributed by atoms with Gasteiger partial charge in [-0.15, -0.1) is 0 Å². The number of piperidine rings is 1. The molecule has 1 fully saturated rings. The number of likely N-dealkylation sites (tertiary alicyclic amines) is 1. The van der Waals surface area contributed by atoms with E-state index in [2.05, 4.69) is 25.6 Å². The highest BCUT2D eigenvalue weighted by molar-refractivity contribution is 9.10. The van der Waals surface area contributed by atoms with Crippen LogP contribution in [0, 0.1) is 5.82 Å². The highest BCUT2D eigenvalue weighted by atomic mass is 79.9. The summed E-state index contributed by atoms with van der Waals surface area (Å²) in [5.74, 6) is -0.748. The standard InChI is InChI=1S/C14H20BrFN2O2S/c1-11(10-18-7-3-2-4-8-18)17-21(19,20)14-6-5-12(15)9-13(14)16/h5-6,9,11,17H,2-4,7-8,10H2,1H3. The third-order valence-electron chi connectivity index (χ3n) is 3.52. The molecule has 1 unspecified atom stereocenters. The summed E-state index contributed by atoms with van der Waals surface area (Å²) in [4.78, 5) is 1.94. The lowest BCUT2D eigenvalue weighted by atomic mass is 10.1. The second kappa shape index (κ2) is 7.17. The molecule has 1 heterocycles. The fraction of sp³-hybridized carbons (Fsp3) is 0.571. The molecular weight excluding hydrogens is 359 g/mol. The quantitative estimate of drug-likeness (QED) is 0.856. The first-order valence-electron chi connectivity index (χ1n) is 7.08. The van der Waals surface area contributed by atoms with E-state index in [-0.39, 0.29) is 10.9 Å². The van der Waals surface area contributed by atoms with Gasteiger partial charge in [0.2, 0.25) is 10.0 Å². The first-order valence-corrected chi connectivity index (χ1v) is 9.36. The summed E-state index contributed by atoms with van der Waals surface area (Å²) in [7, 11) is -3.83. The molecule has 0 spiro atoms. The molecule has 1 aromatic carbocycles. The number of halogens is 2. The van der Waals surface area contributed by atoms with Gasteiger partial charge in [0.25, 0.3) is 0 Å². The van der Waals surface area contributed by atoms with Crippen LogP contribution in [0.2, 0.25) is 0 Å². The maximum atomic E-state index is 13.8. The minimum absolute atomic E-state index is 0.254. The van der Waals surface area contributed by atoms with Crippen LogP contribution < -0.4 is 4.72 Å². The Morgan fingerprint density at radius 2 is 2.00 bits per heavy atom. The Balaban J connectivity index is 2.02. The summed E-state index contributed by atoms with van der Waals surface area (Å²) in [6.45, 7) is 4.46. The molecule has 0 bridgehead atoms. The monoisotopic (exact) mass is 378 g/mol. The first-order chi connectivity index (χ1) is 9.88. The van der Waals surface area contributed by atoms with E-state index in [0.717, 1.165) is 32.0 Å². The predicted octanol–water partition coefficient (Wildman–Crippen LogP) is 2.74. The van der Waals surface area contributed by atoms with Crippen molar-refractivity contribution in [1.29, 1.82) is 0 Å². The summed E-state index contributed by atoms with van der Waals surface area (Å²) >= 11 is 3.12. The molecule has 1 aliphatic heterocycles. The van der Waals surface area contributed by atoms with Gasteiger partial charge in [0.1, 0.15) is 10.7 Å². The van der Waals surface area contributed by atoms with Crippen molar-refractivity contribution in [1.82, 2.24) is 9.62 Å². The Hall–Kier alpha value is -0.500. The van der Waals surface area contributed by atoms with Gasteiger partial charge in [0, 0.05) is 17.1 Å². The van der Waals surface area contributed by atoms with Gasteiger partial charge in [-0.3, -0.25) is 0 Å². The molecule has 118 valence electrons. The largest absolute Gasteiger partial charge is 0.302 e. The molecule has 1 aliphatic rings. The van der Waals surface area contributed by atoms with E-state index in [4.69, 9.17) is 0 Å². The van der Waals surface area contributed by atoms with E-state index in [1.165, 1.54) is 18.6 Å². The number of nitrogens with one attached hydrogen (secondary N) is 1. The molecule has 21 heavy (non-hydrogen) atoms. The van der Waals surface area contributed by atoms with Gasteiger partial charge >= 0.3 is 0 Å². The van der Waals surface area contributed by atoms with Crippen molar-refractivity contribution < 1.29 is 12.8 Å². The molecule has 1 saturated heterocycles. The summed E-state index contributed by atoms with van der Waals surface area (Å²) in [5, 5.41) is 0. The third-order valence-corrected chi connectivity index (χ3v) is 5.64. The minimum Gasteiger partial charge on any atom is -0.302 e. The van der Waals surface area contributed by atoms with Crippen molar-refractivity contribution in [2.75, 3.05) is 19.6 Å². The molecule has 4 nitrogen and oxygen atoms in total. The minimum atomic E-state index is -3.83. The van der Waals surface area contributed by atoms with E-state index >= 15 is 0 Å². The van der Waals surface area contributed by atoms with Crippen LogP contribution in [0.3, 0.4) is 0 Å². The van der Waals surface area contributed by atoms with Crippen LogP contribution in [0.25, 0.3) is 0 Å². The van der Waals surface area contributed by atoms with Gasteiger partial charge in [-0.05, 0) is 51.1 Å². The van der Waals surface area contributed by atoms with Gasteiger partial charge in [-0.25, -0.2) is 17.5 Å². The molecule has 7 heteroatoms. The molecule has 2 rings (SSSR count). The van der Waals surface area contributed by atoms with E-state index in [1.54, 1.807) is 0 Å². The third kappa shape index (κ3) is 4.74. The Morgan fingerprint density at radius 1 is 1.33 bits per heavy atom. The second-order valence-electron chi connectivity index (χ2n) is 5.46. The molecule has 0 aromatic heterocycles. The highest BCUT2D eigenvalue weighted by Crippen LogP contribution is 2.19. The van der Waals surface area contributed by atoms with Crippen LogP contribution >= 0.6 is 15.9 Å². The molecule has 0 aliphatic carbocycles. The topological polar surface area (TPSA) is 49.4 Å². The summed E-state index contributed by atoms with van der Waals surface area (Å²) in [6, 6.07) is 3.70. The van der Waals surface area contributed by atoms with Crippen molar-refractivity contribution in [3.63, 3.8) is 0 Å². The number of nitrogens with zero attached hydrogens (tertiary/aromatic N) is 1. The molecule has 1 atom stereocenters. The number of hydrogen-bond donors (Lipinski definition) is 1. The number of hydrogen-bond acceptors (Lipinski definition) is 3. The molecular formula is C14H20BrFN2O2S. The van der Waals surface area contributed by atoms with Crippen LogP contribution in [0.1, 0.15) is 26.2 Å². The van der Waals surface area contributed by atoms with E-state index in [9.17, 15) is 12.8 Å². The van der Waals surface area contributed by atoms with E-state index in [1.807, 2.05) is 6.92 Å². The zero-order valence-corrected chi connectivity index (χ0v) is 14.4. The fourth-order valence-corrected chi connectivity index (χ4v) is 4.22. The van der Waals surface area contributed by atoms with Gasteiger partial charge < -0.3 is 4.90 Å². The summed E-state index contributed by atoms with van der Waals surface area (Å²) in [6.07, 6.45) is 3.54. The lowest BCUT2D eigenvalue weighted by molar-refractivity contribution is 0.215.